The van der Waals surface area contributed by atoms with E-state index >= 15 is 0 Å². The van der Waals surface area contributed by atoms with Crippen LogP contribution in [-0.2, 0) is 0 Å². The first-order valence-electron chi connectivity index (χ1n) is 17.2. The summed E-state index contributed by atoms with van der Waals surface area (Å²) in [5, 5.41) is 5.06. The highest BCUT2D eigenvalue weighted by Crippen LogP contribution is 2.40. The maximum Gasteiger partial charge on any atom is 0.332 e. The van der Waals surface area contributed by atoms with Crippen molar-refractivity contribution in [1.82, 2.24) is 14.0 Å². The zero-order chi connectivity index (χ0) is 33.0. The molecule has 0 aliphatic carbocycles. The Morgan fingerprint density at radius 1 is 0.469 bits per heavy atom. The highest BCUT2D eigenvalue weighted by atomic mass is 15.1. The first kappa shape index (κ1) is 28.2. The van der Waals surface area contributed by atoms with Gasteiger partial charge < -0.3 is 4.48 Å². The van der Waals surface area contributed by atoms with Gasteiger partial charge in [-0.3, -0.25) is 4.57 Å². The molecule has 6 aromatic carbocycles. The summed E-state index contributed by atoms with van der Waals surface area (Å²) in [5.74, 6) is 0. The Balaban J connectivity index is 1.40. The third-order valence-electron chi connectivity index (χ3n) is 10.6. The second-order valence-corrected chi connectivity index (χ2v) is 13.9. The SMILES string of the molecule is Cc1cc(C)c2c(c1)c1cc(C)cc(C)c1n2B1c2ccccc2-n2c3ncc(-c4ccccc4)cc3c3cc(-c4ccccc4)cc1c32. The summed E-state index contributed by atoms with van der Waals surface area (Å²) < 4.78 is 5.10. The highest BCUT2D eigenvalue weighted by Gasteiger charge is 2.37. The van der Waals surface area contributed by atoms with E-state index in [0.717, 1.165) is 11.2 Å². The fraction of sp³-hybridized carbons (Fsp3) is 0.0889. The van der Waals surface area contributed by atoms with Gasteiger partial charge in [0, 0.05) is 50.0 Å². The third-order valence-corrected chi connectivity index (χ3v) is 10.6. The summed E-state index contributed by atoms with van der Waals surface area (Å²) in [6.07, 6.45) is 2.04. The lowest BCUT2D eigenvalue weighted by atomic mass is 9.48. The molecule has 0 radical (unpaired) electrons. The largest absolute Gasteiger partial charge is 0.375 e. The van der Waals surface area contributed by atoms with Crippen LogP contribution in [0.5, 0.6) is 0 Å². The number of hydrogen-bond acceptors (Lipinski definition) is 1. The minimum Gasteiger partial charge on any atom is -0.375 e. The quantitative estimate of drug-likeness (QED) is 0.179. The highest BCUT2D eigenvalue weighted by molar-refractivity contribution is 6.88. The number of pyridine rings is 1. The summed E-state index contributed by atoms with van der Waals surface area (Å²) in [6.45, 7) is 8.95. The Bertz CT molecular complexity index is 2740. The van der Waals surface area contributed by atoms with Crippen LogP contribution in [0.25, 0.3) is 71.7 Å². The summed E-state index contributed by atoms with van der Waals surface area (Å²) in [4.78, 5) is 5.23. The zero-order valence-corrected chi connectivity index (χ0v) is 28.1. The van der Waals surface area contributed by atoms with Crippen molar-refractivity contribution < 1.29 is 0 Å². The monoisotopic (exact) mass is 627 g/mol. The number of nitrogens with zero attached hydrogens (tertiary/aromatic N) is 3. The first-order chi connectivity index (χ1) is 24.0. The van der Waals surface area contributed by atoms with E-state index in [1.165, 1.54) is 93.7 Å². The van der Waals surface area contributed by atoms with Gasteiger partial charge in [-0.05, 0) is 96.8 Å². The average molecular weight is 628 g/mol. The number of benzene rings is 6. The van der Waals surface area contributed by atoms with Crippen molar-refractivity contribution >= 4 is 61.5 Å². The molecule has 0 unspecified atom stereocenters. The normalized spacial score (nSPS) is 12.4. The average Bonchev–Trinajstić information content (AvgIpc) is 3.62. The van der Waals surface area contributed by atoms with E-state index in [0.29, 0.717) is 0 Å². The first-order valence-corrected chi connectivity index (χ1v) is 17.2. The van der Waals surface area contributed by atoms with Crippen molar-refractivity contribution in [2.24, 2.45) is 0 Å². The van der Waals surface area contributed by atoms with Gasteiger partial charge in [-0.15, -0.1) is 0 Å². The lowest BCUT2D eigenvalue weighted by molar-refractivity contribution is 1.14. The maximum atomic E-state index is 5.23. The molecule has 0 saturated carbocycles. The molecule has 4 heteroatoms. The molecule has 3 nitrogen and oxygen atoms in total. The predicted octanol–water partition coefficient (Wildman–Crippen LogP) is 9.82. The Kier molecular flexibility index (Phi) is 5.93. The zero-order valence-electron chi connectivity index (χ0n) is 28.1. The molecule has 0 saturated heterocycles. The van der Waals surface area contributed by atoms with Gasteiger partial charge in [-0.1, -0.05) is 108 Å². The maximum absolute atomic E-state index is 5.23. The molecule has 0 amide bonds. The van der Waals surface area contributed by atoms with E-state index in [1.807, 2.05) is 6.20 Å². The number of hydrogen-bond donors (Lipinski definition) is 0. The molecule has 0 spiro atoms. The molecule has 0 atom stereocenters. The molecule has 10 rings (SSSR count). The van der Waals surface area contributed by atoms with Crippen LogP contribution in [0.1, 0.15) is 22.3 Å². The molecule has 232 valence electrons. The second kappa shape index (κ2) is 10.3. The second-order valence-electron chi connectivity index (χ2n) is 13.9. The van der Waals surface area contributed by atoms with E-state index in [2.05, 4.69) is 164 Å². The van der Waals surface area contributed by atoms with Crippen molar-refractivity contribution in [3.63, 3.8) is 0 Å². The smallest absolute Gasteiger partial charge is 0.332 e. The molecule has 0 fully saturated rings. The van der Waals surface area contributed by atoms with Crippen LogP contribution in [0.15, 0.2) is 134 Å². The predicted molar refractivity (Wildman–Crippen MR) is 208 cm³/mol. The molecule has 1 aliphatic rings. The van der Waals surface area contributed by atoms with E-state index in [1.54, 1.807) is 0 Å². The minimum absolute atomic E-state index is 0.0458. The Morgan fingerprint density at radius 2 is 1.02 bits per heavy atom. The van der Waals surface area contributed by atoms with Crippen molar-refractivity contribution in [2.45, 2.75) is 27.7 Å². The van der Waals surface area contributed by atoms with Gasteiger partial charge in [0.1, 0.15) is 5.65 Å². The lowest BCUT2D eigenvalue weighted by Crippen LogP contribution is -2.53. The van der Waals surface area contributed by atoms with Crippen LogP contribution in [0.2, 0.25) is 0 Å². The molecule has 9 aromatic rings. The van der Waals surface area contributed by atoms with Gasteiger partial charge in [0.25, 0.3) is 0 Å². The van der Waals surface area contributed by atoms with Gasteiger partial charge >= 0.3 is 6.85 Å². The van der Waals surface area contributed by atoms with E-state index < -0.39 is 0 Å². The Morgan fingerprint density at radius 3 is 1.67 bits per heavy atom. The summed E-state index contributed by atoms with van der Waals surface area (Å²) in [7, 11) is 0. The van der Waals surface area contributed by atoms with Gasteiger partial charge in [0.2, 0.25) is 0 Å². The van der Waals surface area contributed by atoms with E-state index in [4.69, 9.17) is 4.98 Å². The van der Waals surface area contributed by atoms with Crippen LogP contribution >= 0.6 is 0 Å². The van der Waals surface area contributed by atoms with Crippen molar-refractivity contribution in [3.05, 3.63) is 156 Å². The lowest BCUT2D eigenvalue weighted by Gasteiger charge is -2.29. The summed E-state index contributed by atoms with van der Waals surface area (Å²) >= 11 is 0. The van der Waals surface area contributed by atoms with Crippen molar-refractivity contribution in [1.29, 1.82) is 0 Å². The molecule has 0 bridgehead atoms. The van der Waals surface area contributed by atoms with Crippen LogP contribution in [0, 0.1) is 27.7 Å². The standard InChI is InChI=1S/C45H34BN3/c1-27-19-29(3)42-35(21-27)36-22-28(2)20-30(4)43(36)49(42)46-39-17-11-12-18-41(39)48-44-37(23-33(25-40(44)46)31-13-7-5-8-14-31)38-24-34(26-47-45(38)48)32-15-9-6-10-16-32/h5-26H,1-4H3. The summed E-state index contributed by atoms with van der Waals surface area (Å²) in [6, 6.07) is 47.1. The molecule has 1 aliphatic heterocycles. The topological polar surface area (TPSA) is 22.8 Å². The van der Waals surface area contributed by atoms with E-state index in [-0.39, 0.29) is 6.85 Å². The third kappa shape index (κ3) is 4.01. The van der Waals surface area contributed by atoms with Crippen LogP contribution < -0.4 is 10.9 Å². The molecular formula is C45H34BN3. The van der Waals surface area contributed by atoms with Gasteiger partial charge in [0.05, 0.1) is 5.52 Å². The van der Waals surface area contributed by atoms with Crippen LogP contribution in [0.3, 0.4) is 0 Å². The molecule has 0 N–H and O–H groups in total. The van der Waals surface area contributed by atoms with Crippen LogP contribution in [-0.4, -0.2) is 20.9 Å². The number of para-hydroxylation sites is 1. The fourth-order valence-corrected chi connectivity index (χ4v) is 8.79. The minimum atomic E-state index is -0.0458. The van der Waals surface area contributed by atoms with Crippen LogP contribution in [0.4, 0.5) is 0 Å². The van der Waals surface area contributed by atoms with E-state index in [9.17, 15) is 0 Å². The van der Waals surface area contributed by atoms with Crippen molar-refractivity contribution in [2.75, 3.05) is 0 Å². The van der Waals surface area contributed by atoms with Gasteiger partial charge in [0.15, 0.2) is 0 Å². The van der Waals surface area contributed by atoms with Crippen molar-refractivity contribution in [3.8, 4) is 27.9 Å². The summed E-state index contributed by atoms with van der Waals surface area (Å²) in [5.41, 5.74) is 18.5. The fourth-order valence-electron chi connectivity index (χ4n) is 8.79. The number of aryl methyl sites for hydroxylation is 4. The molecule has 49 heavy (non-hydrogen) atoms. The molecular weight excluding hydrogens is 593 g/mol. The molecule has 3 aromatic heterocycles. The number of rotatable bonds is 3. The Labute approximate surface area is 286 Å². The number of aromatic nitrogens is 3. The number of fused-ring (bicyclic) bond motifs is 8. The molecule has 4 heterocycles. The van der Waals surface area contributed by atoms with Gasteiger partial charge in [-0.2, -0.15) is 0 Å². The van der Waals surface area contributed by atoms with Gasteiger partial charge in [-0.25, -0.2) is 4.98 Å². The Hall–Kier alpha value is -5.87.